The molecular weight excluding hydrogens is 242 g/mol. The molecule has 0 saturated carbocycles. The van der Waals surface area contributed by atoms with Crippen LogP contribution in [0.15, 0.2) is 23.1 Å². The van der Waals surface area contributed by atoms with Gasteiger partial charge in [-0.2, -0.15) is 0 Å². The van der Waals surface area contributed by atoms with Crippen molar-refractivity contribution in [2.75, 3.05) is 19.4 Å². The second-order valence-electron chi connectivity index (χ2n) is 3.59. The molecule has 1 aromatic carbocycles. The van der Waals surface area contributed by atoms with Gasteiger partial charge in [-0.25, -0.2) is 4.79 Å². The summed E-state index contributed by atoms with van der Waals surface area (Å²) in [6.07, 6.45) is 0. The Morgan fingerprint density at radius 1 is 1.53 bits per heavy atom. The highest BCUT2D eigenvalue weighted by atomic mass is 32.2. The van der Waals surface area contributed by atoms with Crippen LogP contribution in [-0.2, 0) is 17.6 Å². The molecule has 0 aliphatic carbocycles. The van der Waals surface area contributed by atoms with Crippen LogP contribution in [-0.4, -0.2) is 33.8 Å². The highest BCUT2D eigenvalue weighted by molar-refractivity contribution is 7.79. The third-order valence-corrected chi connectivity index (χ3v) is 2.87. The predicted octanol–water partition coefficient (Wildman–Crippen LogP) is 0.477. The van der Waals surface area contributed by atoms with Crippen molar-refractivity contribution < 1.29 is 13.6 Å². The minimum Gasteiger partial charge on any atom is -0.768 e. The summed E-state index contributed by atoms with van der Waals surface area (Å²) in [5.41, 5.74) is 6.43. The lowest BCUT2D eigenvalue weighted by molar-refractivity contribution is 0.230. The van der Waals surface area contributed by atoms with Crippen LogP contribution >= 0.6 is 0 Å². The van der Waals surface area contributed by atoms with Crippen molar-refractivity contribution in [3.05, 3.63) is 23.8 Å². The average Bonchev–Trinajstić information content (AvgIpc) is 2.28. The summed E-state index contributed by atoms with van der Waals surface area (Å²) in [7, 11) is 3.22. The van der Waals surface area contributed by atoms with Crippen LogP contribution in [0.5, 0.6) is 0 Å². The number of hydrogen-bond acceptors (Lipinski definition) is 4. The molecule has 0 bridgehead atoms. The molecule has 94 valence electrons. The van der Waals surface area contributed by atoms with Gasteiger partial charge in [-0.3, -0.25) is 4.21 Å². The largest absolute Gasteiger partial charge is 0.768 e. The zero-order valence-corrected chi connectivity index (χ0v) is 10.4. The molecular formula is C10H14N3O3S-. The van der Waals surface area contributed by atoms with Crippen molar-refractivity contribution in [2.24, 2.45) is 5.73 Å². The molecule has 0 fully saturated rings. The fourth-order valence-corrected chi connectivity index (χ4v) is 1.75. The Kier molecular flexibility index (Phi) is 4.62. The number of urea groups is 1. The first-order chi connectivity index (χ1) is 7.95. The fourth-order valence-electron chi connectivity index (χ4n) is 1.21. The first-order valence-corrected chi connectivity index (χ1v) is 5.93. The van der Waals surface area contributed by atoms with Gasteiger partial charge in [-0.05, 0) is 34.8 Å². The van der Waals surface area contributed by atoms with E-state index in [1.807, 2.05) is 0 Å². The van der Waals surface area contributed by atoms with E-state index in [4.69, 9.17) is 5.73 Å². The average molecular weight is 256 g/mol. The maximum absolute atomic E-state index is 11.4. The maximum Gasteiger partial charge on any atom is 0.321 e. The summed E-state index contributed by atoms with van der Waals surface area (Å²) in [5, 5.41) is 2.61. The third kappa shape index (κ3) is 3.52. The van der Waals surface area contributed by atoms with Crippen molar-refractivity contribution >= 4 is 22.8 Å². The molecule has 0 radical (unpaired) electrons. The van der Waals surface area contributed by atoms with Gasteiger partial charge in [0, 0.05) is 31.2 Å². The molecule has 0 aliphatic heterocycles. The molecule has 1 rings (SSSR count). The molecule has 0 heterocycles. The van der Waals surface area contributed by atoms with Gasteiger partial charge in [0.25, 0.3) is 0 Å². The van der Waals surface area contributed by atoms with E-state index in [0.717, 1.165) is 0 Å². The monoisotopic (exact) mass is 256 g/mol. The number of benzene rings is 1. The maximum atomic E-state index is 11.4. The van der Waals surface area contributed by atoms with Gasteiger partial charge in [0.2, 0.25) is 0 Å². The molecule has 3 N–H and O–H groups in total. The minimum atomic E-state index is -2.32. The van der Waals surface area contributed by atoms with Crippen molar-refractivity contribution in [1.29, 1.82) is 0 Å². The van der Waals surface area contributed by atoms with E-state index < -0.39 is 11.1 Å². The van der Waals surface area contributed by atoms with E-state index in [0.29, 0.717) is 11.3 Å². The summed E-state index contributed by atoms with van der Waals surface area (Å²) in [6, 6.07) is 4.19. The minimum absolute atomic E-state index is 0.0923. The molecule has 17 heavy (non-hydrogen) atoms. The zero-order chi connectivity index (χ0) is 13.0. The summed E-state index contributed by atoms with van der Waals surface area (Å²) < 4.78 is 21.7. The zero-order valence-electron chi connectivity index (χ0n) is 9.60. The molecule has 1 unspecified atom stereocenters. The first-order valence-electron chi connectivity index (χ1n) is 4.86. The van der Waals surface area contributed by atoms with Gasteiger partial charge in [0.15, 0.2) is 0 Å². The second kappa shape index (κ2) is 5.76. The van der Waals surface area contributed by atoms with Crippen LogP contribution in [0.3, 0.4) is 0 Å². The predicted molar refractivity (Wildman–Crippen MR) is 64.2 cm³/mol. The fraction of sp³-hybridized carbons (Fsp3) is 0.300. The van der Waals surface area contributed by atoms with Gasteiger partial charge in [-0.1, -0.05) is 0 Å². The van der Waals surface area contributed by atoms with Crippen LogP contribution in [0.1, 0.15) is 5.56 Å². The molecule has 0 aromatic heterocycles. The van der Waals surface area contributed by atoms with Crippen molar-refractivity contribution in [1.82, 2.24) is 4.90 Å². The highest BCUT2D eigenvalue weighted by Gasteiger charge is 2.07. The van der Waals surface area contributed by atoms with Gasteiger partial charge in [-0.15, -0.1) is 0 Å². The van der Waals surface area contributed by atoms with E-state index in [-0.39, 0.29) is 17.5 Å². The van der Waals surface area contributed by atoms with Crippen LogP contribution in [0.4, 0.5) is 10.5 Å². The highest BCUT2D eigenvalue weighted by Crippen LogP contribution is 2.18. The molecule has 0 saturated heterocycles. The number of anilines is 1. The van der Waals surface area contributed by atoms with Crippen LogP contribution < -0.4 is 11.1 Å². The first kappa shape index (κ1) is 13.6. The Bertz CT molecular complexity index is 448. The topological polar surface area (TPSA) is 98.5 Å². The van der Waals surface area contributed by atoms with E-state index >= 15 is 0 Å². The lowest BCUT2D eigenvalue weighted by atomic mass is 10.2. The number of hydrogen-bond donors (Lipinski definition) is 2. The van der Waals surface area contributed by atoms with Gasteiger partial charge in [0.1, 0.15) is 0 Å². The number of carbonyl (C=O) groups excluding carboxylic acids is 1. The molecule has 2 amide bonds. The molecule has 7 heteroatoms. The van der Waals surface area contributed by atoms with Gasteiger partial charge >= 0.3 is 6.03 Å². The molecule has 1 atom stereocenters. The van der Waals surface area contributed by atoms with Crippen LogP contribution in [0.25, 0.3) is 0 Å². The van der Waals surface area contributed by atoms with E-state index in [1.54, 1.807) is 20.2 Å². The number of nitrogens with zero attached hydrogens (tertiary/aromatic N) is 1. The quantitative estimate of drug-likeness (QED) is 0.768. The normalized spacial score (nSPS) is 12.0. The summed E-state index contributed by atoms with van der Waals surface area (Å²) in [5.74, 6) is 0. The van der Waals surface area contributed by atoms with E-state index in [9.17, 15) is 13.6 Å². The number of carbonyl (C=O) groups is 1. The Morgan fingerprint density at radius 2 is 2.18 bits per heavy atom. The lowest BCUT2D eigenvalue weighted by Gasteiger charge is -2.15. The third-order valence-electron chi connectivity index (χ3n) is 2.12. The molecule has 6 nitrogen and oxygen atoms in total. The van der Waals surface area contributed by atoms with Gasteiger partial charge < -0.3 is 20.5 Å². The number of nitrogens with one attached hydrogen (secondary N) is 1. The molecule has 1 aromatic rings. The summed E-state index contributed by atoms with van der Waals surface area (Å²) in [6.45, 7) is 0.0923. The van der Waals surface area contributed by atoms with Crippen molar-refractivity contribution in [3.8, 4) is 0 Å². The standard InChI is InChI=1S/C10H15N3O3S/c1-13(2)10(14)12-8-3-4-9(17(15)16)7(5-8)6-11/h3-5H,6,11H2,1-2H3,(H,12,14)(H,15,16)/p-1. The Hall–Kier alpha value is -1.44. The Morgan fingerprint density at radius 3 is 2.65 bits per heavy atom. The van der Waals surface area contributed by atoms with Crippen LogP contribution in [0, 0.1) is 0 Å². The molecule has 0 aliphatic rings. The Balaban J connectivity index is 2.98. The number of nitrogens with two attached hydrogens (primary N) is 1. The number of rotatable bonds is 3. The lowest BCUT2D eigenvalue weighted by Crippen LogP contribution is -2.27. The van der Waals surface area contributed by atoms with Crippen molar-refractivity contribution in [3.63, 3.8) is 0 Å². The Labute approximate surface area is 102 Å². The number of amides is 2. The van der Waals surface area contributed by atoms with Gasteiger partial charge in [0.05, 0.1) is 0 Å². The smallest absolute Gasteiger partial charge is 0.321 e. The summed E-state index contributed by atoms with van der Waals surface area (Å²) >= 11 is -2.32. The van der Waals surface area contributed by atoms with E-state index in [1.165, 1.54) is 17.0 Å². The SMILES string of the molecule is CN(C)C(=O)Nc1ccc(S(=O)[O-])c(CN)c1. The molecule has 0 spiro atoms. The van der Waals surface area contributed by atoms with E-state index in [2.05, 4.69) is 5.32 Å². The van der Waals surface area contributed by atoms with Crippen LogP contribution in [0.2, 0.25) is 0 Å². The summed E-state index contributed by atoms with van der Waals surface area (Å²) in [4.78, 5) is 12.9. The second-order valence-corrected chi connectivity index (χ2v) is 4.50. The van der Waals surface area contributed by atoms with Crippen molar-refractivity contribution in [2.45, 2.75) is 11.4 Å².